The lowest BCUT2D eigenvalue weighted by Gasteiger charge is -2.46. The fourth-order valence-electron chi connectivity index (χ4n) is 13.7. The highest BCUT2D eigenvalue weighted by Gasteiger charge is 2.51. The average molecular weight is 886 g/mol. The van der Waals surface area contributed by atoms with Gasteiger partial charge in [0.2, 0.25) is 0 Å². The van der Waals surface area contributed by atoms with Crippen molar-refractivity contribution in [2.75, 3.05) is 4.90 Å². The third kappa shape index (κ3) is 4.62. The van der Waals surface area contributed by atoms with Crippen molar-refractivity contribution in [2.24, 2.45) is 0 Å². The van der Waals surface area contributed by atoms with Crippen LogP contribution in [0.1, 0.15) is 77.9 Å². The zero-order chi connectivity index (χ0) is 45.2. The number of para-hydroxylation sites is 2. The van der Waals surface area contributed by atoms with Gasteiger partial charge < -0.3 is 4.90 Å². The molecule has 0 saturated carbocycles. The molecule has 15 rings (SSSR count). The second-order valence-electron chi connectivity index (χ2n) is 20.0. The number of thiophene rings is 1. The Morgan fingerprint density at radius 3 is 1.51 bits per heavy atom. The van der Waals surface area contributed by atoms with Gasteiger partial charge in [-0.3, -0.25) is 0 Å². The average Bonchev–Trinajstić information content (AvgIpc) is 4.07. The minimum Gasteiger partial charge on any atom is -0.308 e. The Morgan fingerprint density at radius 1 is 0.368 bits per heavy atom. The summed E-state index contributed by atoms with van der Waals surface area (Å²) in [5, 5.41) is 5.57. The van der Waals surface area contributed by atoms with Crippen LogP contribution in [0.5, 0.6) is 0 Å². The summed E-state index contributed by atoms with van der Waals surface area (Å²) in [6, 6.07) is 73.2. The quantitative estimate of drug-likeness (QED) is 0.171. The molecule has 2 heterocycles. The molecule has 0 atom stereocenters. The molecule has 0 amide bonds. The van der Waals surface area contributed by atoms with Gasteiger partial charge in [-0.1, -0.05) is 170 Å². The largest absolute Gasteiger partial charge is 0.308 e. The Bertz CT molecular complexity index is 3890. The van der Waals surface area contributed by atoms with Gasteiger partial charge in [0.25, 0.3) is 0 Å². The molecule has 0 unspecified atom stereocenters. The molecule has 4 aliphatic rings. The summed E-state index contributed by atoms with van der Waals surface area (Å²) in [5.74, 6) is 0. The van der Waals surface area contributed by atoms with E-state index in [1.54, 1.807) is 0 Å². The normalized spacial score (nSPS) is 15.1. The Morgan fingerprint density at radius 2 is 0.897 bits per heavy atom. The maximum atomic E-state index is 2.59. The zero-order valence-electron chi connectivity index (χ0n) is 38.7. The summed E-state index contributed by atoms with van der Waals surface area (Å²) >= 11 is 1.99. The predicted octanol–water partition coefficient (Wildman–Crippen LogP) is 17.0. The molecule has 322 valence electrons. The van der Waals surface area contributed by atoms with Crippen molar-refractivity contribution in [1.29, 1.82) is 0 Å². The van der Waals surface area contributed by atoms with E-state index in [0.29, 0.717) is 0 Å². The number of hydrogen-bond acceptors (Lipinski definition) is 2. The van der Waals surface area contributed by atoms with E-state index in [-0.39, 0.29) is 0 Å². The van der Waals surface area contributed by atoms with Gasteiger partial charge in [0.15, 0.2) is 0 Å². The van der Waals surface area contributed by atoms with E-state index >= 15 is 0 Å². The molecule has 0 fully saturated rings. The number of aryl methyl sites for hydroxylation is 6. The van der Waals surface area contributed by atoms with Gasteiger partial charge in [0, 0.05) is 21.0 Å². The van der Waals surface area contributed by atoms with Crippen LogP contribution in [0.4, 0.5) is 17.1 Å². The highest BCUT2D eigenvalue weighted by molar-refractivity contribution is 7.27. The molecule has 0 bridgehead atoms. The molecule has 11 aromatic rings. The van der Waals surface area contributed by atoms with Gasteiger partial charge >= 0.3 is 0 Å². The number of anilines is 3. The molecule has 0 saturated heterocycles. The zero-order valence-corrected chi connectivity index (χ0v) is 39.5. The number of rotatable bonds is 3. The summed E-state index contributed by atoms with van der Waals surface area (Å²) in [4.78, 5) is 2.59. The highest BCUT2D eigenvalue weighted by Crippen LogP contribution is 2.65. The fraction of sp³-hybridized carbons (Fsp3) is 0.121. The fourth-order valence-corrected chi connectivity index (χ4v) is 15.0. The molecule has 3 aliphatic carbocycles. The van der Waals surface area contributed by atoms with Crippen molar-refractivity contribution >= 4 is 59.3 Å². The van der Waals surface area contributed by atoms with Crippen LogP contribution < -0.4 is 4.90 Å². The minimum atomic E-state index is -0.552. The SMILES string of the molecule is Cc1ccc(C2(c3ccc(C)c(C)c3)c3ccccc3N(c3cccc4c3sc3c5c(ccc34)C3(c4ccccc4-c4ccccc43)c3ccc4c6c(ccc-5c36)CC4)c3ccccc32)cc1C. The Hall–Kier alpha value is -7.52. The first-order chi connectivity index (χ1) is 33.4. The summed E-state index contributed by atoms with van der Waals surface area (Å²) in [5.41, 5.74) is 27.1. The van der Waals surface area contributed by atoms with E-state index in [4.69, 9.17) is 0 Å². The lowest BCUT2D eigenvalue weighted by atomic mass is 9.61. The van der Waals surface area contributed by atoms with E-state index in [1.165, 1.54) is 148 Å². The summed E-state index contributed by atoms with van der Waals surface area (Å²) in [6.45, 7) is 8.98. The van der Waals surface area contributed by atoms with Crippen molar-refractivity contribution in [3.8, 4) is 22.3 Å². The predicted molar refractivity (Wildman–Crippen MR) is 286 cm³/mol. The van der Waals surface area contributed by atoms with E-state index in [2.05, 4.69) is 221 Å². The second-order valence-corrected chi connectivity index (χ2v) is 21.0. The van der Waals surface area contributed by atoms with Crippen LogP contribution in [-0.4, -0.2) is 0 Å². The lowest BCUT2D eigenvalue weighted by Crippen LogP contribution is -2.38. The second kappa shape index (κ2) is 13.6. The van der Waals surface area contributed by atoms with Crippen LogP contribution in [0.25, 0.3) is 53.2 Å². The molecular weight excluding hydrogens is 839 g/mol. The highest BCUT2D eigenvalue weighted by atomic mass is 32.1. The summed E-state index contributed by atoms with van der Waals surface area (Å²) in [6.07, 6.45) is 2.21. The van der Waals surface area contributed by atoms with E-state index in [1.807, 2.05) is 11.3 Å². The van der Waals surface area contributed by atoms with E-state index in [9.17, 15) is 0 Å². The van der Waals surface area contributed by atoms with Crippen LogP contribution in [-0.2, 0) is 23.7 Å². The molecule has 2 heteroatoms. The molecule has 1 aromatic heterocycles. The molecule has 10 aromatic carbocycles. The van der Waals surface area contributed by atoms with Crippen LogP contribution in [0, 0.1) is 27.7 Å². The standard InChI is InChI=1S/C66H47NS/c1-38-24-30-44(36-40(38)3)65(45-31-25-39(2)41(4)37-45)53-19-9-11-21-57(53)67(58-22-12-10-20-54(58)65)59-23-13-16-48-49-33-35-56-62(64(49)68-63(48)59)50-32-28-42-26-27-43-29-34-55(61(50)60(42)43)66(56)51-17-7-5-14-46(51)47-15-6-8-18-52(47)66/h5-25,28-37H,26-27H2,1-4H3. The van der Waals surface area contributed by atoms with Gasteiger partial charge in [0.05, 0.1) is 32.6 Å². The first kappa shape index (κ1) is 38.6. The first-order valence-electron chi connectivity index (χ1n) is 24.3. The molecular formula is C66H47NS. The van der Waals surface area contributed by atoms with E-state index < -0.39 is 10.8 Å². The van der Waals surface area contributed by atoms with Crippen molar-refractivity contribution in [1.82, 2.24) is 0 Å². The smallest absolute Gasteiger partial charge is 0.0742 e. The van der Waals surface area contributed by atoms with Crippen molar-refractivity contribution in [3.05, 3.63) is 266 Å². The van der Waals surface area contributed by atoms with Gasteiger partial charge in [-0.15, -0.1) is 11.3 Å². The summed E-state index contributed by atoms with van der Waals surface area (Å²) < 4.78 is 2.68. The van der Waals surface area contributed by atoms with Crippen LogP contribution in [0.2, 0.25) is 0 Å². The van der Waals surface area contributed by atoms with Gasteiger partial charge in [-0.05, 0) is 164 Å². The van der Waals surface area contributed by atoms with Crippen molar-refractivity contribution in [2.45, 2.75) is 51.4 Å². The summed E-state index contributed by atoms with van der Waals surface area (Å²) in [7, 11) is 0. The third-order valence-corrected chi connectivity index (χ3v) is 18.2. The topological polar surface area (TPSA) is 3.24 Å². The number of fused-ring (bicyclic) bond motifs is 15. The van der Waals surface area contributed by atoms with Gasteiger partial charge in [-0.2, -0.15) is 0 Å². The van der Waals surface area contributed by atoms with E-state index in [0.717, 1.165) is 12.8 Å². The number of benzene rings is 10. The van der Waals surface area contributed by atoms with Crippen LogP contribution >= 0.6 is 11.3 Å². The molecule has 1 nitrogen and oxygen atoms in total. The first-order valence-corrected chi connectivity index (χ1v) is 25.1. The molecule has 1 aliphatic heterocycles. The molecule has 68 heavy (non-hydrogen) atoms. The van der Waals surface area contributed by atoms with Crippen molar-refractivity contribution < 1.29 is 0 Å². The Labute approximate surface area is 401 Å². The minimum absolute atomic E-state index is 0.445. The molecule has 0 radical (unpaired) electrons. The third-order valence-electron chi connectivity index (χ3n) is 16.9. The molecule has 0 N–H and O–H groups in total. The van der Waals surface area contributed by atoms with Gasteiger partial charge in [-0.25, -0.2) is 0 Å². The van der Waals surface area contributed by atoms with Gasteiger partial charge in [0.1, 0.15) is 0 Å². The number of nitrogens with zero attached hydrogens (tertiary/aromatic N) is 1. The maximum Gasteiger partial charge on any atom is 0.0742 e. The molecule has 1 spiro atoms. The Kier molecular flexibility index (Phi) is 7.69. The Balaban J connectivity index is 1.04. The van der Waals surface area contributed by atoms with Crippen molar-refractivity contribution in [3.63, 3.8) is 0 Å². The van der Waals surface area contributed by atoms with Crippen LogP contribution in [0.15, 0.2) is 188 Å². The number of hydrogen-bond donors (Lipinski definition) is 0. The van der Waals surface area contributed by atoms with Crippen LogP contribution in [0.3, 0.4) is 0 Å². The monoisotopic (exact) mass is 885 g/mol. The maximum absolute atomic E-state index is 2.59. The lowest BCUT2D eigenvalue weighted by molar-refractivity contribution is 0.729.